The van der Waals surface area contributed by atoms with Gasteiger partial charge in [0, 0.05) is 30.5 Å². The predicted octanol–water partition coefficient (Wildman–Crippen LogP) is 7.81. The zero-order valence-electron chi connectivity index (χ0n) is 32.3. The molecular formula is C42H53N5O7. The van der Waals surface area contributed by atoms with E-state index in [2.05, 4.69) is 25.8 Å². The standard InChI is InChI=1S/C42H53N5O7/c1-20(2)26-12-11-22(5)19-31(26)53-30-14-13-27(38-35(30)37(44)33(42(51)52)24(7)46-38)39(25-15-17-47(18-16-25)40(48)21(3)4)54-29-10-8-9-28-34(29)36(43)32(41(49)50)23(6)45-28/h8-10,13-14,20-22,25-26,31,39H,11-12,15-19H2,1-7H3,(H2,43,45)(H2,44,46)(H,49,50)(H,51,52)/t22-,26+,31-,39?/m1/s1. The lowest BCUT2D eigenvalue weighted by molar-refractivity contribution is -0.136. The quantitative estimate of drug-likeness (QED) is 0.124. The summed E-state index contributed by atoms with van der Waals surface area (Å²) in [6.07, 6.45) is 3.47. The Morgan fingerprint density at radius 3 is 2.07 bits per heavy atom. The van der Waals surface area contributed by atoms with Crippen LogP contribution in [0.5, 0.6) is 11.5 Å². The highest BCUT2D eigenvalue weighted by Gasteiger charge is 2.37. The molecule has 2 aliphatic rings. The van der Waals surface area contributed by atoms with Gasteiger partial charge in [-0.25, -0.2) is 9.59 Å². The Balaban J connectivity index is 1.54. The number of hydrogen-bond donors (Lipinski definition) is 4. The summed E-state index contributed by atoms with van der Waals surface area (Å²) in [5, 5.41) is 21.1. The largest absolute Gasteiger partial charge is 0.489 e. The minimum Gasteiger partial charge on any atom is -0.489 e. The highest BCUT2D eigenvalue weighted by atomic mass is 16.5. The van der Waals surface area contributed by atoms with Crippen molar-refractivity contribution in [2.75, 3.05) is 24.6 Å². The molecule has 0 radical (unpaired) electrons. The number of nitrogens with zero attached hydrogens (tertiary/aromatic N) is 3. The van der Waals surface area contributed by atoms with Gasteiger partial charge in [0.1, 0.15) is 34.8 Å². The van der Waals surface area contributed by atoms with Gasteiger partial charge in [0.05, 0.1) is 44.6 Å². The summed E-state index contributed by atoms with van der Waals surface area (Å²) in [6, 6.07) is 9.08. The molecule has 0 bridgehead atoms. The second-order valence-corrected chi connectivity index (χ2v) is 15.9. The number of carboxylic acids is 2. The first-order valence-electron chi connectivity index (χ1n) is 19.1. The maximum absolute atomic E-state index is 13.0. The molecule has 12 heteroatoms. The molecule has 12 nitrogen and oxygen atoms in total. The van der Waals surface area contributed by atoms with Crippen molar-refractivity contribution >= 4 is 51.0 Å². The molecule has 6 N–H and O–H groups in total. The Morgan fingerprint density at radius 2 is 1.46 bits per heavy atom. The van der Waals surface area contributed by atoms with Gasteiger partial charge in [0.2, 0.25) is 5.91 Å². The van der Waals surface area contributed by atoms with Crippen LogP contribution in [-0.2, 0) is 4.79 Å². The Bertz CT molecular complexity index is 2110. The maximum atomic E-state index is 13.0. The Labute approximate surface area is 316 Å². The summed E-state index contributed by atoms with van der Waals surface area (Å²) >= 11 is 0. The smallest absolute Gasteiger partial charge is 0.339 e. The van der Waals surface area contributed by atoms with E-state index in [0.717, 1.165) is 19.3 Å². The molecule has 0 spiro atoms. The van der Waals surface area contributed by atoms with Crippen molar-refractivity contribution in [1.82, 2.24) is 14.9 Å². The molecule has 4 atom stereocenters. The Kier molecular flexibility index (Phi) is 10.9. The molecule has 4 aromatic rings. The fraction of sp³-hybridized carbons (Fsp3) is 0.500. The average molecular weight is 740 g/mol. The molecule has 1 unspecified atom stereocenters. The van der Waals surface area contributed by atoms with E-state index in [1.807, 2.05) is 30.9 Å². The van der Waals surface area contributed by atoms with E-state index in [1.165, 1.54) is 0 Å². The number of carbonyl (C=O) groups is 3. The number of pyridine rings is 2. The minimum atomic E-state index is -1.19. The third-order valence-electron chi connectivity index (χ3n) is 11.5. The van der Waals surface area contributed by atoms with Gasteiger partial charge in [-0.3, -0.25) is 14.8 Å². The molecule has 1 amide bonds. The van der Waals surface area contributed by atoms with Crippen molar-refractivity contribution in [1.29, 1.82) is 0 Å². The molecule has 54 heavy (non-hydrogen) atoms. The number of aromatic carboxylic acids is 2. The van der Waals surface area contributed by atoms with E-state index in [9.17, 15) is 24.6 Å². The monoisotopic (exact) mass is 739 g/mol. The summed E-state index contributed by atoms with van der Waals surface area (Å²) in [7, 11) is 0. The van der Waals surface area contributed by atoms with Crippen LogP contribution in [0.4, 0.5) is 11.4 Å². The molecule has 2 aromatic carbocycles. The lowest BCUT2D eigenvalue weighted by atomic mass is 9.75. The first-order valence-corrected chi connectivity index (χ1v) is 19.1. The topological polar surface area (TPSA) is 191 Å². The summed E-state index contributed by atoms with van der Waals surface area (Å²) in [6.45, 7) is 14.7. The first kappa shape index (κ1) is 38.6. The van der Waals surface area contributed by atoms with Crippen LogP contribution in [0.3, 0.4) is 0 Å². The number of benzene rings is 2. The summed E-state index contributed by atoms with van der Waals surface area (Å²) < 4.78 is 13.9. The van der Waals surface area contributed by atoms with Crippen LogP contribution in [0, 0.1) is 43.4 Å². The number of nitrogen functional groups attached to an aromatic ring is 2. The average Bonchev–Trinajstić information content (AvgIpc) is 3.10. The van der Waals surface area contributed by atoms with Crippen LogP contribution in [0.2, 0.25) is 0 Å². The number of hydrogen-bond acceptors (Lipinski definition) is 9. The van der Waals surface area contributed by atoms with Crippen LogP contribution < -0.4 is 20.9 Å². The molecule has 1 aliphatic heterocycles. The highest BCUT2D eigenvalue weighted by molar-refractivity contribution is 6.08. The van der Waals surface area contributed by atoms with Gasteiger partial charge in [-0.15, -0.1) is 0 Å². The van der Waals surface area contributed by atoms with Crippen LogP contribution in [-0.4, -0.2) is 62.1 Å². The van der Waals surface area contributed by atoms with Crippen molar-refractivity contribution in [3.8, 4) is 11.5 Å². The van der Waals surface area contributed by atoms with Gasteiger partial charge >= 0.3 is 11.9 Å². The molecule has 3 heterocycles. The fourth-order valence-electron chi connectivity index (χ4n) is 8.67. The van der Waals surface area contributed by atoms with E-state index in [-0.39, 0.29) is 52.0 Å². The van der Waals surface area contributed by atoms with Crippen LogP contribution in [0.15, 0.2) is 30.3 Å². The number of carbonyl (C=O) groups excluding carboxylic acids is 1. The Hall–Kier alpha value is -5.13. The Morgan fingerprint density at radius 1 is 0.833 bits per heavy atom. The van der Waals surface area contributed by atoms with Crippen molar-refractivity contribution in [2.45, 2.75) is 92.8 Å². The number of anilines is 2. The fourth-order valence-corrected chi connectivity index (χ4v) is 8.67. The first-order chi connectivity index (χ1) is 25.6. The van der Waals surface area contributed by atoms with Crippen molar-refractivity contribution in [2.24, 2.45) is 29.6 Å². The van der Waals surface area contributed by atoms with E-state index < -0.39 is 18.0 Å². The predicted molar refractivity (Wildman–Crippen MR) is 209 cm³/mol. The van der Waals surface area contributed by atoms with E-state index >= 15 is 0 Å². The number of aromatic nitrogens is 2. The lowest BCUT2D eigenvalue weighted by Gasteiger charge is -2.38. The highest BCUT2D eigenvalue weighted by Crippen LogP contribution is 2.46. The van der Waals surface area contributed by atoms with Gasteiger partial charge in [-0.1, -0.05) is 47.1 Å². The normalized spacial score (nSPS) is 20.1. The molecule has 2 fully saturated rings. The van der Waals surface area contributed by atoms with E-state index in [4.69, 9.17) is 25.9 Å². The second-order valence-electron chi connectivity index (χ2n) is 15.9. The minimum absolute atomic E-state index is 0.0519. The summed E-state index contributed by atoms with van der Waals surface area (Å²) in [5.74, 6) is -0.544. The lowest BCUT2D eigenvalue weighted by Crippen LogP contribution is -2.42. The number of carboxylic acid groups (broad SMARTS) is 2. The summed E-state index contributed by atoms with van der Waals surface area (Å²) in [5.41, 5.74) is 15.5. The molecule has 288 valence electrons. The summed E-state index contributed by atoms with van der Waals surface area (Å²) in [4.78, 5) is 49.3. The van der Waals surface area contributed by atoms with Gasteiger partial charge in [0.15, 0.2) is 0 Å². The number of fused-ring (bicyclic) bond motifs is 2. The molecule has 2 aromatic heterocycles. The number of aryl methyl sites for hydroxylation is 2. The number of ether oxygens (including phenoxy) is 2. The number of piperidine rings is 1. The van der Waals surface area contributed by atoms with Crippen molar-refractivity contribution in [3.63, 3.8) is 0 Å². The number of rotatable bonds is 10. The third kappa shape index (κ3) is 7.22. The van der Waals surface area contributed by atoms with Crippen molar-refractivity contribution < 1.29 is 34.1 Å². The third-order valence-corrected chi connectivity index (χ3v) is 11.5. The maximum Gasteiger partial charge on any atom is 0.339 e. The van der Waals surface area contributed by atoms with Gasteiger partial charge < -0.3 is 36.1 Å². The van der Waals surface area contributed by atoms with E-state index in [0.29, 0.717) is 88.2 Å². The zero-order valence-corrected chi connectivity index (χ0v) is 32.3. The number of amides is 1. The van der Waals surface area contributed by atoms with Crippen LogP contribution >= 0.6 is 0 Å². The van der Waals surface area contributed by atoms with Gasteiger partial charge in [-0.2, -0.15) is 0 Å². The number of likely N-dealkylation sites (tertiary alicyclic amines) is 1. The van der Waals surface area contributed by atoms with Crippen molar-refractivity contribution in [3.05, 3.63) is 58.4 Å². The van der Waals surface area contributed by atoms with Gasteiger partial charge in [-0.05, 0) is 81.5 Å². The molecule has 1 aliphatic carbocycles. The van der Waals surface area contributed by atoms with E-state index in [1.54, 1.807) is 32.0 Å². The van der Waals surface area contributed by atoms with Crippen LogP contribution in [0.1, 0.15) is 110 Å². The molecule has 1 saturated carbocycles. The molecular weight excluding hydrogens is 686 g/mol. The SMILES string of the molecule is Cc1nc2cccc(OC(c3ccc(O[C@@H]4C[C@H](C)CC[C@H]4C(C)C)c4c(N)c(C(=O)O)c(C)nc34)C3CCN(C(=O)C(C)C)CC3)c2c(N)c1C(=O)O. The van der Waals surface area contributed by atoms with Crippen LogP contribution in [0.25, 0.3) is 21.8 Å². The molecule has 1 saturated heterocycles. The second kappa shape index (κ2) is 15.3. The molecule has 6 rings (SSSR count). The van der Waals surface area contributed by atoms with Gasteiger partial charge in [0.25, 0.3) is 0 Å². The zero-order chi connectivity index (χ0) is 39.2. The number of nitrogens with two attached hydrogens (primary N) is 2.